The lowest BCUT2D eigenvalue weighted by molar-refractivity contribution is 0.124. The first-order chi connectivity index (χ1) is 10.6. The Bertz CT molecular complexity index is 645. The zero-order valence-electron chi connectivity index (χ0n) is 12.3. The van der Waals surface area contributed by atoms with Crippen LogP contribution in [0.5, 0.6) is 11.5 Å². The Kier molecular flexibility index (Phi) is 4.52. The molecule has 0 aliphatic carbocycles. The van der Waals surface area contributed by atoms with Crippen LogP contribution in [0.4, 0.5) is 0 Å². The minimum absolute atomic E-state index is 0.282. The van der Waals surface area contributed by atoms with Gasteiger partial charge < -0.3 is 14.6 Å². The molecule has 0 saturated carbocycles. The van der Waals surface area contributed by atoms with Gasteiger partial charge in [0.2, 0.25) is 6.79 Å². The molecule has 116 valence electrons. The number of nitrogens with zero attached hydrogens (tertiary/aromatic N) is 1. The molecule has 0 spiro atoms. The number of aliphatic hydroxyl groups is 1. The highest BCUT2D eigenvalue weighted by Gasteiger charge is 2.15. The van der Waals surface area contributed by atoms with Crippen LogP contribution in [0.2, 0.25) is 5.02 Å². The smallest absolute Gasteiger partial charge is 0.231 e. The molecule has 0 amide bonds. The summed E-state index contributed by atoms with van der Waals surface area (Å²) in [6, 6.07) is 13.2. The predicted octanol–water partition coefficient (Wildman–Crippen LogP) is 3.23. The molecule has 4 nitrogen and oxygen atoms in total. The molecule has 0 saturated heterocycles. The molecule has 1 aliphatic heterocycles. The van der Waals surface area contributed by atoms with Crippen LogP contribution < -0.4 is 9.47 Å². The van der Waals surface area contributed by atoms with Crippen molar-refractivity contribution in [3.8, 4) is 11.5 Å². The van der Waals surface area contributed by atoms with E-state index in [-0.39, 0.29) is 6.79 Å². The standard InChI is InChI=1S/C17H18ClNO3/c1-19(10-15(20)13-3-5-14(18)6-4-13)9-12-2-7-16-17(8-12)22-11-21-16/h2-8,15,20H,9-11H2,1H3. The van der Waals surface area contributed by atoms with Crippen LogP contribution in [0, 0.1) is 0 Å². The van der Waals surface area contributed by atoms with E-state index in [0.29, 0.717) is 11.6 Å². The maximum absolute atomic E-state index is 10.3. The molecule has 1 heterocycles. The Hall–Kier alpha value is -1.75. The van der Waals surface area contributed by atoms with Crippen molar-refractivity contribution < 1.29 is 14.6 Å². The van der Waals surface area contributed by atoms with Crippen molar-refractivity contribution in [2.75, 3.05) is 20.4 Å². The molecule has 0 bridgehead atoms. The second kappa shape index (κ2) is 6.57. The van der Waals surface area contributed by atoms with Crippen molar-refractivity contribution in [3.05, 3.63) is 58.6 Å². The fourth-order valence-corrected chi connectivity index (χ4v) is 2.63. The van der Waals surface area contributed by atoms with E-state index in [1.165, 1.54) is 0 Å². The summed E-state index contributed by atoms with van der Waals surface area (Å²) in [5, 5.41) is 11.0. The Balaban J connectivity index is 1.60. The third kappa shape index (κ3) is 3.53. The average Bonchev–Trinajstić information content (AvgIpc) is 2.95. The number of ether oxygens (including phenoxy) is 2. The highest BCUT2D eigenvalue weighted by molar-refractivity contribution is 6.30. The van der Waals surface area contributed by atoms with Crippen LogP contribution in [0.1, 0.15) is 17.2 Å². The lowest BCUT2D eigenvalue weighted by Crippen LogP contribution is -2.24. The largest absolute Gasteiger partial charge is 0.454 e. The summed E-state index contributed by atoms with van der Waals surface area (Å²) in [4.78, 5) is 2.07. The van der Waals surface area contributed by atoms with Gasteiger partial charge in [0.05, 0.1) is 6.10 Å². The van der Waals surface area contributed by atoms with Gasteiger partial charge in [0, 0.05) is 18.1 Å². The van der Waals surface area contributed by atoms with Crippen molar-refractivity contribution in [2.45, 2.75) is 12.6 Å². The zero-order valence-corrected chi connectivity index (χ0v) is 13.1. The summed E-state index contributed by atoms with van der Waals surface area (Å²) in [7, 11) is 1.98. The lowest BCUT2D eigenvalue weighted by Gasteiger charge is -2.21. The van der Waals surface area contributed by atoms with Gasteiger partial charge in [-0.1, -0.05) is 29.8 Å². The van der Waals surface area contributed by atoms with Crippen LogP contribution in [-0.4, -0.2) is 30.4 Å². The van der Waals surface area contributed by atoms with Gasteiger partial charge in [-0.3, -0.25) is 4.90 Å². The number of halogens is 1. The molecular weight excluding hydrogens is 302 g/mol. The van der Waals surface area contributed by atoms with Crippen LogP contribution in [0.15, 0.2) is 42.5 Å². The zero-order chi connectivity index (χ0) is 15.5. The number of aliphatic hydroxyl groups excluding tert-OH is 1. The van der Waals surface area contributed by atoms with E-state index in [9.17, 15) is 5.11 Å². The molecule has 2 aromatic carbocycles. The third-order valence-electron chi connectivity index (χ3n) is 3.63. The normalized spacial score (nSPS) is 14.4. The number of fused-ring (bicyclic) bond motifs is 1. The first-order valence-corrected chi connectivity index (χ1v) is 7.50. The summed E-state index contributed by atoms with van der Waals surface area (Å²) >= 11 is 5.86. The minimum atomic E-state index is -0.545. The van der Waals surface area contributed by atoms with Gasteiger partial charge in [0.25, 0.3) is 0 Å². The molecule has 1 unspecified atom stereocenters. The van der Waals surface area contributed by atoms with Crippen LogP contribution in [0.3, 0.4) is 0 Å². The van der Waals surface area contributed by atoms with E-state index in [1.54, 1.807) is 12.1 Å². The average molecular weight is 320 g/mol. The molecule has 22 heavy (non-hydrogen) atoms. The second-order valence-corrected chi connectivity index (χ2v) is 5.89. The van der Waals surface area contributed by atoms with E-state index in [1.807, 2.05) is 37.4 Å². The predicted molar refractivity (Wildman–Crippen MR) is 85.3 cm³/mol. The molecule has 0 radical (unpaired) electrons. The molecule has 0 fully saturated rings. The molecule has 0 aromatic heterocycles. The van der Waals surface area contributed by atoms with Crippen molar-refractivity contribution in [1.82, 2.24) is 4.90 Å². The number of rotatable bonds is 5. The van der Waals surface area contributed by atoms with Crippen molar-refractivity contribution >= 4 is 11.6 Å². The van der Waals surface area contributed by atoms with Crippen molar-refractivity contribution in [3.63, 3.8) is 0 Å². The van der Waals surface area contributed by atoms with Gasteiger partial charge >= 0.3 is 0 Å². The lowest BCUT2D eigenvalue weighted by atomic mass is 10.1. The monoisotopic (exact) mass is 319 g/mol. The Morgan fingerprint density at radius 1 is 1.14 bits per heavy atom. The topological polar surface area (TPSA) is 41.9 Å². The Labute approximate surface area is 134 Å². The van der Waals surface area contributed by atoms with Gasteiger partial charge in [-0.15, -0.1) is 0 Å². The first kappa shape index (κ1) is 15.2. The molecule has 5 heteroatoms. The van der Waals surface area contributed by atoms with E-state index >= 15 is 0 Å². The van der Waals surface area contributed by atoms with E-state index in [0.717, 1.165) is 29.2 Å². The van der Waals surface area contributed by atoms with Crippen LogP contribution >= 0.6 is 11.6 Å². The SMILES string of the molecule is CN(Cc1ccc2c(c1)OCO2)CC(O)c1ccc(Cl)cc1. The molecule has 3 rings (SSSR count). The Morgan fingerprint density at radius 3 is 2.64 bits per heavy atom. The fourth-order valence-electron chi connectivity index (χ4n) is 2.50. The van der Waals surface area contributed by atoms with Gasteiger partial charge in [0.1, 0.15) is 0 Å². The highest BCUT2D eigenvalue weighted by atomic mass is 35.5. The van der Waals surface area contributed by atoms with Crippen LogP contribution in [-0.2, 0) is 6.54 Å². The fraction of sp³-hybridized carbons (Fsp3) is 0.294. The van der Waals surface area contributed by atoms with Crippen LogP contribution in [0.25, 0.3) is 0 Å². The van der Waals surface area contributed by atoms with Crippen molar-refractivity contribution in [1.29, 1.82) is 0 Å². The van der Waals surface area contributed by atoms with E-state index in [4.69, 9.17) is 21.1 Å². The molecule has 1 N–H and O–H groups in total. The molecule has 1 atom stereocenters. The number of hydrogen-bond donors (Lipinski definition) is 1. The molecule has 1 aliphatic rings. The summed E-state index contributed by atoms with van der Waals surface area (Å²) in [6.45, 7) is 1.54. The van der Waals surface area contributed by atoms with Crippen molar-refractivity contribution in [2.24, 2.45) is 0 Å². The molecular formula is C17H18ClNO3. The maximum Gasteiger partial charge on any atom is 0.231 e. The third-order valence-corrected chi connectivity index (χ3v) is 3.88. The van der Waals surface area contributed by atoms with Gasteiger partial charge in [0.15, 0.2) is 11.5 Å². The number of benzene rings is 2. The van der Waals surface area contributed by atoms with Gasteiger partial charge in [-0.25, -0.2) is 0 Å². The summed E-state index contributed by atoms with van der Waals surface area (Å²) in [5.41, 5.74) is 1.98. The minimum Gasteiger partial charge on any atom is -0.454 e. The van der Waals surface area contributed by atoms with Gasteiger partial charge in [-0.05, 0) is 42.4 Å². The summed E-state index contributed by atoms with van der Waals surface area (Å²) < 4.78 is 10.7. The first-order valence-electron chi connectivity index (χ1n) is 7.12. The quantitative estimate of drug-likeness (QED) is 0.918. The molecule has 2 aromatic rings. The Morgan fingerprint density at radius 2 is 1.86 bits per heavy atom. The maximum atomic E-state index is 10.3. The van der Waals surface area contributed by atoms with E-state index in [2.05, 4.69) is 4.90 Å². The van der Waals surface area contributed by atoms with E-state index < -0.39 is 6.10 Å². The second-order valence-electron chi connectivity index (χ2n) is 5.45. The summed E-state index contributed by atoms with van der Waals surface area (Å²) in [5.74, 6) is 1.57. The van der Waals surface area contributed by atoms with Gasteiger partial charge in [-0.2, -0.15) is 0 Å². The highest BCUT2D eigenvalue weighted by Crippen LogP contribution is 2.32. The number of likely N-dealkylation sites (N-methyl/N-ethyl adjacent to an activating group) is 1. The number of hydrogen-bond acceptors (Lipinski definition) is 4. The summed E-state index contributed by atoms with van der Waals surface area (Å²) in [6.07, 6.45) is -0.545.